The van der Waals surface area contributed by atoms with Crippen molar-refractivity contribution in [2.24, 2.45) is 0 Å². The number of methoxy groups -OCH3 is 1. The summed E-state index contributed by atoms with van der Waals surface area (Å²) in [7, 11) is -2.60. The average Bonchev–Trinajstić information content (AvgIpc) is 3.62. The number of halogens is 2. The van der Waals surface area contributed by atoms with Gasteiger partial charge in [-0.1, -0.05) is 12.1 Å². The highest BCUT2D eigenvalue weighted by molar-refractivity contribution is 7.93. The van der Waals surface area contributed by atoms with Crippen LogP contribution in [0.25, 0.3) is 27.6 Å². The minimum atomic E-state index is -3.95. The summed E-state index contributed by atoms with van der Waals surface area (Å²) in [5.74, 6) is -2.38. The summed E-state index contributed by atoms with van der Waals surface area (Å²) in [6, 6.07) is 12.8. The fourth-order valence-electron chi connectivity index (χ4n) is 4.50. The number of fused-ring (bicyclic) bond motifs is 4. The lowest BCUT2D eigenvalue weighted by molar-refractivity contribution is -0.105. The highest BCUT2D eigenvalue weighted by Gasteiger charge is 2.23. The number of aromatic nitrogens is 4. The van der Waals surface area contributed by atoms with Crippen molar-refractivity contribution in [1.29, 1.82) is 0 Å². The van der Waals surface area contributed by atoms with E-state index in [2.05, 4.69) is 19.8 Å². The lowest BCUT2D eigenvalue weighted by Gasteiger charge is -2.10. The van der Waals surface area contributed by atoms with Crippen LogP contribution in [0.4, 0.5) is 14.5 Å². The van der Waals surface area contributed by atoms with E-state index in [4.69, 9.17) is 9.47 Å². The number of carbonyl (C=O) groups is 2. The lowest BCUT2D eigenvalue weighted by atomic mass is 10.1. The number of sulfonamides is 1. The van der Waals surface area contributed by atoms with Crippen LogP contribution in [0.2, 0.25) is 0 Å². The molecule has 41 heavy (non-hydrogen) atoms. The minimum absolute atomic E-state index is 0.0432. The minimum Gasteiger partial charge on any atom is -0.495 e. The standard InChI is InChI=1S/C27H19F2N5O6S/c1-39-24-9-14-8-22(31-19(14)12-20(24)33-41(37,38)7-6-35)26(36)16-13-30-34-25-18(29)10-15(11-21(25)32-27(16)34)40-23-5-3-2-4-17(23)28/h2-6,8-13,31-33H,7H2,1H3. The summed E-state index contributed by atoms with van der Waals surface area (Å²) < 4.78 is 67.7. The Balaban J connectivity index is 1.37. The molecule has 0 atom stereocenters. The summed E-state index contributed by atoms with van der Waals surface area (Å²) >= 11 is 0. The van der Waals surface area contributed by atoms with E-state index in [-0.39, 0.29) is 57.2 Å². The highest BCUT2D eigenvalue weighted by Crippen LogP contribution is 2.33. The number of hydrogen-bond donors (Lipinski definition) is 3. The number of carbonyl (C=O) groups excluding carboxylic acids is 2. The summed E-state index contributed by atoms with van der Waals surface area (Å²) in [5.41, 5.74) is 1.31. The first-order valence-corrected chi connectivity index (χ1v) is 13.6. The third kappa shape index (κ3) is 4.63. The van der Waals surface area contributed by atoms with E-state index >= 15 is 4.39 Å². The van der Waals surface area contributed by atoms with E-state index in [1.807, 2.05) is 0 Å². The second-order valence-corrected chi connectivity index (χ2v) is 10.7. The first-order chi connectivity index (χ1) is 19.7. The molecule has 6 rings (SSSR count). The molecular weight excluding hydrogens is 560 g/mol. The van der Waals surface area contributed by atoms with E-state index in [1.165, 1.54) is 54.2 Å². The maximum absolute atomic E-state index is 15.1. The Labute approximate surface area is 229 Å². The van der Waals surface area contributed by atoms with Crippen LogP contribution < -0.4 is 14.2 Å². The van der Waals surface area contributed by atoms with Crippen molar-refractivity contribution in [3.63, 3.8) is 0 Å². The van der Waals surface area contributed by atoms with Crippen LogP contribution in [-0.4, -0.2) is 52.9 Å². The number of nitrogens with zero attached hydrogens (tertiary/aromatic N) is 2. The maximum atomic E-state index is 15.1. The second-order valence-electron chi connectivity index (χ2n) is 8.98. The number of para-hydroxylation sites is 1. The fraction of sp³-hybridized carbons (Fsp3) is 0.0741. The van der Waals surface area contributed by atoms with Crippen LogP contribution in [-0.2, 0) is 14.8 Å². The van der Waals surface area contributed by atoms with Crippen LogP contribution >= 0.6 is 0 Å². The molecule has 0 radical (unpaired) electrons. The molecule has 0 aliphatic carbocycles. The van der Waals surface area contributed by atoms with Gasteiger partial charge in [0.2, 0.25) is 15.8 Å². The van der Waals surface area contributed by atoms with Crippen molar-refractivity contribution in [2.75, 3.05) is 17.6 Å². The lowest BCUT2D eigenvalue weighted by Crippen LogP contribution is -2.17. The molecule has 0 unspecified atom stereocenters. The van der Waals surface area contributed by atoms with Crippen molar-refractivity contribution in [3.05, 3.63) is 83.7 Å². The summed E-state index contributed by atoms with van der Waals surface area (Å²) in [5, 5.41) is 4.73. The fourth-order valence-corrected chi connectivity index (χ4v) is 5.26. The van der Waals surface area contributed by atoms with E-state index in [9.17, 15) is 22.4 Å². The van der Waals surface area contributed by atoms with Gasteiger partial charge in [-0.15, -0.1) is 0 Å². The van der Waals surface area contributed by atoms with E-state index in [0.717, 1.165) is 6.07 Å². The van der Waals surface area contributed by atoms with Crippen molar-refractivity contribution in [1.82, 2.24) is 19.6 Å². The third-order valence-electron chi connectivity index (χ3n) is 6.32. The zero-order chi connectivity index (χ0) is 28.9. The quantitative estimate of drug-likeness (QED) is 0.168. The van der Waals surface area contributed by atoms with E-state index < -0.39 is 33.2 Å². The number of ether oxygens (including phenoxy) is 2. The molecule has 0 saturated carbocycles. The van der Waals surface area contributed by atoms with Gasteiger partial charge in [0.15, 0.2) is 17.4 Å². The van der Waals surface area contributed by atoms with Gasteiger partial charge >= 0.3 is 0 Å². The molecule has 3 heterocycles. The summed E-state index contributed by atoms with van der Waals surface area (Å²) in [4.78, 5) is 30.1. The SMILES string of the molecule is COc1cc2cc(C(=O)c3cnn4c3[nH]c3cc(Oc5ccccc5F)cc(F)c34)[nH]c2cc1NS(=O)(=O)CC=O. The zero-order valence-electron chi connectivity index (χ0n) is 21.1. The van der Waals surface area contributed by atoms with E-state index in [0.29, 0.717) is 10.9 Å². The molecule has 3 aromatic heterocycles. The van der Waals surface area contributed by atoms with Gasteiger partial charge in [0.1, 0.15) is 34.7 Å². The van der Waals surface area contributed by atoms with Crippen molar-refractivity contribution in [2.45, 2.75) is 0 Å². The highest BCUT2D eigenvalue weighted by atomic mass is 32.2. The molecule has 0 aliphatic rings. The Morgan fingerprint density at radius 3 is 2.61 bits per heavy atom. The topological polar surface area (TPSA) is 148 Å². The third-order valence-corrected chi connectivity index (χ3v) is 7.42. The zero-order valence-corrected chi connectivity index (χ0v) is 21.9. The normalized spacial score (nSPS) is 11.8. The molecule has 3 N–H and O–H groups in total. The van der Waals surface area contributed by atoms with Gasteiger partial charge in [-0.25, -0.2) is 21.7 Å². The molecule has 0 spiro atoms. The molecule has 0 bridgehead atoms. The maximum Gasteiger partial charge on any atom is 0.239 e. The summed E-state index contributed by atoms with van der Waals surface area (Å²) in [6.07, 6.45) is 1.56. The first kappa shape index (κ1) is 26.0. The number of aromatic amines is 2. The number of H-pyrrole nitrogens is 2. The van der Waals surface area contributed by atoms with Gasteiger partial charge in [-0.2, -0.15) is 5.10 Å². The first-order valence-electron chi connectivity index (χ1n) is 12.0. The number of rotatable bonds is 9. The number of imidazole rings is 1. The average molecular weight is 580 g/mol. The Bertz CT molecular complexity index is 2120. The predicted octanol–water partition coefficient (Wildman–Crippen LogP) is 4.55. The number of nitrogens with one attached hydrogen (secondary N) is 3. The van der Waals surface area contributed by atoms with Crippen LogP contribution in [0.5, 0.6) is 17.2 Å². The molecule has 0 aliphatic heterocycles. The second kappa shape index (κ2) is 9.75. The summed E-state index contributed by atoms with van der Waals surface area (Å²) in [6.45, 7) is 0. The Hall–Kier alpha value is -5.24. The molecule has 0 fully saturated rings. The van der Waals surface area contributed by atoms with Crippen LogP contribution in [0.3, 0.4) is 0 Å². The monoisotopic (exact) mass is 579 g/mol. The molecule has 6 aromatic rings. The predicted molar refractivity (Wildman–Crippen MR) is 145 cm³/mol. The van der Waals surface area contributed by atoms with Crippen molar-refractivity contribution >= 4 is 55.4 Å². The number of anilines is 1. The Morgan fingerprint density at radius 2 is 1.85 bits per heavy atom. The van der Waals surface area contributed by atoms with Gasteiger partial charge in [0.05, 0.1) is 35.8 Å². The molecule has 0 saturated heterocycles. The number of hydrogen-bond acceptors (Lipinski definition) is 7. The molecule has 0 amide bonds. The molecular formula is C27H19F2N5O6S. The Morgan fingerprint density at radius 1 is 1.05 bits per heavy atom. The van der Waals surface area contributed by atoms with E-state index in [1.54, 1.807) is 12.1 Å². The number of benzene rings is 3. The molecule has 11 nitrogen and oxygen atoms in total. The number of ketones is 1. The van der Waals surface area contributed by atoms with Gasteiger partial charge in [-0.3, -0.25) is 9.52 Å². The van der Waals surface area contributed by atoms with Crippen LogP contribution in [0, 0.1) is 11.6 Å². The molecule has 3 aromatic carbocycles. The van der Waals surface area contributed by atoms with Gasteiger partial charge in [-0.05, 0) is 30.3 Å². The Kier molecular flexibility index (Phi) is 6.18. The largest absolute Gasteiger partial charge is 0.495 e. The smallest absolute Gasteiger partial charge is 0.239 e. The van der Waals surface area contributed by atoms with Crippen molar-refractivity contribution in [3.8, 4) is 17.2 Å². The van der Waals surface area contributed by atoms with Crippen molar-refractivity contribution < 1.29 is 36.3 Å². The van der Waals surface area contributed by atoms with Gasteiger partial charge in [0.25, 0.3) is 0 Å². The number of aldehydes is 1. The van der Waals surface area contributed by atoms with Gasteiger partial charge in [0, 0.05) is 23.0 Å². The van der Waals surface area contributed by atoms with Crippen LogP contribution in [0.1, 0.15) is 16.1 Å². The van der Waals surface area contributed by atoms with Crippen LogP contribution in [0.15, 0.2) is 60.8 Å². The molecule has 208 valence electrons. The molecule has 14 heteroatoms. The van der Waals surface area contributed by atoms with Gasteiger partial charge < -0.3 is 24.2 Å².